The summed E-state index contributed by atoms with van der Waals surface area (Å²) >= 11 is 11.9. The number of urea groups is 1. The summed E-state index contributed by atoms with van der Waals surface area (Å²) in [4.78, 5) is 40.1. The molecule has 0 unspecified atom stereocenters. The molecule has 2 aromatic rings. The second kappa shape index (κ2) is 9.79. The molecule has 0 aliphatic carbocycles. The average Bonchev–Trinajstić information content (AvgIpc) is 3.00. The topological polar surface area (TPSA) is 87.7 Å². The van der Waals surface area contributed by atoms with Crippen molar-refractivity contribution in [2.75, 3.05) is 11.9 Å². The SMILES string of the molecule is CC(C)(C)OC(=O)[C@@H]1CN(Cc2ccccc2)C(=O)[C@@H]1NC(=O)Nc1ccc(Cl)c(Cl)c1. The normalized spacial score (nSPS) is 18.4. The molecule has 0 aromatic heterocycles. The molecular weight excluding hydrogens is 453 g/mol. The molecule has 0 spiro atoms. The van der Waals surface area contributed by atoms with Crippen LogP contribution in [0.5, 0.6) is 0 Å². The van der Waals surface area contributed by atoms with E-state index in [1.54, 1.807) is 37.8 Å². The van der Waals surface area contributed by atoms with E-state index in [0.717, 1.165) is 5.56 Å². The van der Waals surface area contributed by atoms with Crippen molar-refractivity contribution in [1.29, 1.82) is 0 Å². The largest absolute Gasteiger partial charge is 0.460 e. The van der Waals surface area contributed by atoms with E-state index in [1.165, 1.54) is 6.07 Å². The molecule has 1 fully saturated rings. The molecule has 1 heterocycles. The van der Waals surface area contributed by atoms with E-state index in [4.69, 9.17) is 27.9 Å². The van der Waals surface area contributed by atoms with E-state index in [2.05, 4.69) is 10.6 Å². The summed E-state index contributed by atoms with van der Waals surface area (Å²) in [6.45, 7) is 5.72. The molecule has 2 N–H and O–H groups in total. The van der Waals surface area contributed by atoms with Crippen molar-refractivity contribution in [2.24, 2.45) is 5.92 Å². The fourth-order valence-corrected chi connectivity index (χ4v) is 3.68. The van der Waals surface area contributed by atoms with Crippen molar-refractivity contribution in [3.05, 3.63) is 64.1 Å². The molecule has 2 aromatic carbocycles. The predicted molar refractivity (Wildman–Crippen MR) is 124 cm³/mol. The van der Waals surface area contributed by atoms with Gasteiger partial charge >= 0.3 is 12.0 Å². The van der Waals surface area contributed by atoms with Gasteiger partial charge in [0.25, 0.3) is 0 Å². The van der Waals surface area contributed by atoms with Crippen LogP contribution < -0.4 is 10.6 Å². The third-order valence-electron chi connectivity index (χ3n) is 4.79. The highest BCUT2D eigenvalue weighted by molar-refractivity contribution is 6.42. The lowest BCUT2D eigenvalue weighted by Crippen LogP contribution is -2.48. The number of rotatable bonds is 5. The van der Waals surface area contributed by atoms with Gasteiger partial charge < -0.3 is 20.3 Å². The number of halogens is 2. The third kappa shape index (κ3) is 6.14. The molecule has 32 heavy (non-hydrogen) atoms. The molecule has 3 rings (SSSR count). The van der Waals surface area contributed by atoms with Gasteiger partial charge in [-0.15, -0.1) is 0 Å². The Balaban J connectivity index is 1.76. The number of carbonyl (C=O) groups is 3. The Morgan fingerprint density at radius 3 is 2.41 bits per heavy atom. The van der Waals surface area contributed by atoms with Crippen LogP contribution in [0.2, 0.25) is 10.0 Å². The van der Waals surface area contributed by atoms with Crippen molar-refractivity contribution >= 4 is 46.8 Å². The van der Waals surface area contributed by atoms with Crippen molar-refractivity contribution in [3.8, 4) is 0 Å². The lowest BCUT2D eigenvalue weighted by atomic mass is 10.0. The third-order valence-corrected chi connectivity index (χ3v) is 5.53. The quantitative estimate of drug-likeness (QED) is 0.621. The van der Waals surface area contributed by atoms with Gasteiger partial charge in [-0.05, 0) is 44.5 Å². The van der Waals surface area contributed by atoms with Gasteiger partial charge in [-0.3, -0.25) is 9.59 Å². The number of nitrogens with zero attached hydrogens (tertiary/aromatic N) is 1. The van der Waals surface area contributed by atoms with Crippen LogP contribution >= 0.6 is 23.2 Å². The maximum atomic E-state index is 13.1. The molecule has 0 bridgehead atoms. The monoisotopic (exact) mass is 477 g/mol. The van der Waals surface area contributed by atoms with Crippen molar-refractivity contribution in [2.45, 2.75) is 39.0 Å². The van der Waals surface area contributed by atoms with Crippen LogP contribution in [0.4, 0.5) is 10.5 Å². The van der Waals surface area contributed by atoms with Crippen LogP contribution in [0.15, 0.2) is 48.5 Å². The maximum Gasteiger partial charge on any atom is 0.319 e. The number of amides is 3. The van der Waals surface area contributed by atoms with Crippen LogP contribution in [-0.4, -0.2) is 41.0 Å². The minimum absolute atomic E-state index is 0.139. The van der Waals surface area contributed by atoms with E-state index in [-0.39, 0.29) is 17.5 Å². The van der Waals surface area contributed by atoms with Gasteiger partial charge in [0, 0.05) is 18.8 Å². The first kappa shape index (κ1) is 23.9. The fourth-order valence-electron chi connectivity index (χ4n) is 3.38. The molecule has 0 saturated carbocycles. The number of benzene rings is 2. The number of hydrogen-bond donors (Lipinski definition) is 2. The summed E-state index contributed by atoms with van der Waals surface area (Å²) in [5.74, 6) is -1.74. The van der Waals surface area contributed by atoms with Crippen LogP contribution in [0.3, 0.4) is 0 Å². The molecule has 9 heteroatoms. The van der Waals surface area contributed by atoms with Gasteiger partial charge in [0.2, 0.25) is 5.91 Å². The molecule has 2 atom stereocenters. The molecule has 3 amide bonds. The van der Waals surface area contributed by atoms with E-state index in [0.29, 0.717) is 17.3 Å². The first-order valence-electron chi connectivity index (χ1n) is 10.1. The number of hydrogen-bond acceptors (Lipinski definition) is 4. The molecular formula is C23H25Cl2N3O4. The summed E-state index contributed by atoms with van der Waals surface area (Å²) in [5.41, 5.74) is 0.599. The Hall–Kier alpha value is -2.77. The Bertz CT molecular complexity index is 1010. The molecule has 170 valence electrons. The number of anilines is 1. The Labute approximate surface area is 197 Å². The molecule has 1 aliphatic rings. The van der Waals surface area contributed by atoms with Gasteiger partial charge in [-0.2, -0.15) is 0 Å². The number of carbonyl (C=O) groups excluding carboxylic acids is 3. The molecule has 7 nitrogen and oxygen atoms in total. The predicted octanol–water partition coefficient (Wildman–Crippen LogP) is 4.48. The smallest absolute Gasteiger partial charge is 0.319 e. The average molecular weight is 478 g/mol. The Morgan fingerprint density at radius 1 is 1.09 bits per heavy atom. The minimum Gasteiger partial charge on any atom is -0.460 e. The van der Waals surface area contributed by atoms with Crippen molar-refractivity contribution < 1.29 is 19.1 Å². The number of ether oxygens (including phenoxy) is 1. The van der Waals surface area contributed by atoms with E-state index >= 15 is 0 Å². The highest BCUT2D eigenvalue weighted by Gasteiger charge is 2.46. The fraction of sp³-hybridized carbons (Fsp3) is 0.348. The number of likely N-dealkylation sites (tertiary alicyclic amines) is 1. The second-order valence-corrected chi connectivity index (χ2v) is 9.36. The maximum absolute atomic E-state index is 13.1. The lowest BCUT2D eigenvalue weighted by molar-refractivity contribution is -0.160. The second-order valence-electron chi connectivity index (χ2n) is 8.55. The van der Waals surface area contributed by atoms with E-state index in [9.17, 15) is 14.4 Å². The standard InChI is InChI=1S/C23H25Cl2N3O4/c1-23(2,3)32-21(30)16-13-28(12-14-7-5-4-6-8-14)20(29)19(16)27-22(31)26-15-9-10-17(24)18(25)11-15/h4-11,16,19H,12-13H2,1-3H3,(H2,26,27,31)/t16-,19-/m1/s1. The summed E-state index contributed by atoms with van der Waals surface area (Å²) in [7, 11) is 0. The van der Waals surface area contributed by atoms with Crippen LogP contribution in [-0.2, 0) is 20.9 Å². The lowest BCUT2D eigenvalue weighted by Gasteiger charge is -2.24. The van der Waals surface area contributed by atoms with Crippen LogP contribution in [0.25, 0.3) is 0 Å². The number of esters is 1. The Kier molecular flexibility index (Phi) is 7.31. The summed E-state index contributed by atoms with van der Waals surface area (Å²) in [5, 5.41) is 5.87. The highest BCUT2D eigenvalue weighted by Crippen LogP contribution is 2.26. The van der Waals surface area contributed by atoms with Crippen LogP contribution in [0.1, 0.15) is 26.3 Å². The van der Waals surface area contributed by atoms with Gasteiger partial charge in [0.1, 0.15) is 17.6 Å². The van der Waals surface area contributed by atoms with Gasteiger partial charge in [0.15, 0.2) is 0 Å². The summed E-state index contributed by atoms with van der Waals surface area (Å²) in [6, 6.07) is 12.4. The summed E-state index contributed by atoms with van der Waals surface area (Å²) in [6.07, 6.45) is 0. The molecule has 1 saturated heterocycles. The summed E-state index contributed by atoms with van der Waals surface area (Å²) < 4.78 is 5.51. The zero-order valence-corrected chi connectivity index (χ0v) is 19.5. The van der Waals surface area contributed by atoms with Crippen LogP contribution in [0, 0.1) is 5.92 Å². The van der Waals surface area contributed by atoms with Gasteiger partial charge in [0.05, 0.1) is 10.0 Å². The molecule has 1 aliphatic heterocycles. The molecule has 0 radical (unpaired) electrons. The zero-order chi connectivity index (χ0) is 23.5. The van der Waals surface area contributed by atoms with Gasteiger partial charge in [-0.25, -0.2) is 4.79 Å². The van der Waals surface area contributed by atoms with E-state index in [1.807, 2.05) is 30.3 Å². The zero-order valence-electron chi connectivity index (χ0n) is 18.0. The number of nitrogens with one attached hydrogen (secondary N) is 2. The first-order valence-corrected chi connectivity index (χ1v) is 10.9. The van der Waals surface area contributed by atoms with E-state index < -0.39 is 29.6 Å². The Morgan fingerprint density at radius 2 is 1.78 bits per heavy atom. The van der Waals surface area contributed by atoms with Gasteiger partial charge in [-0.1, -0.05) is 53.5 Å². The van der Waals surface area contributed by atoms with Crippen molar-refractivity contribution in [1.82, 2.24) is 10.2 Å². The highest BCUT2D eigenvalue weighted by atomic mass is 35.5. The first-order chi connectivity index (χ1) is 15.0. The minimum atomic E-state index is -1.06. The van der Waals surface area contributed by atoms with Crippen molar-refractivity contribution in [3.63, 3.8) is 0 Å².